The molecule has 12 heavy (non-hydrogen) atoms. The fraction of sp³-hybridized carbons (Fsp3) is 0. The molecule has 0 aliphatic heterocycles. The lowest BCUT2D eigenvalue weighted by molar-refractivity contribution is 1.69. The van der Waals surface area contributed by atoms with Crippen LogP contribution in [0.2, 0.25) is 0 Å². The van der Waals surface area contributed by atoms with Crippen LogP contribution < -0.4 is 5.73 Å². The van der Waals surface area contributed by atoms with E-state index in [1.807, 2.05) is 6.07 Å². The highest BCUT2D eigenvalue weighted by atomic mass is 127. The van der Waals surface area contributed by atoms with E-state index in [-0.39, 0.29) is 0 Å². The van der Waals surface area contributed by atoms with Crippen LogP contribution >= 0.6 is 49.9 Å². The molecule has 62 valence electrons. The lowest BCUT2D eigenvalue weighted by Gasteiger charge is -2.01. The van der Waals surface area contributed by atoms with Gasteiger partial charge >= 0.3 is 0 Å². The molecule has 0 bridgehead atoms. The first-order valence-electron chi connectivity index (χ1n) is 3.31. The topological polar surface area (TPSA) is 26.0 Å². The van der Waals surface area contributed by atoms with Crippen LogP contribution in [0.5, 0.6) is 0 Å². The Morgan fingerprint density at radius 1 is 1.50 bits per heavy atom. The lowest BCUT2D eigenvalue weighted by atomic mass is 10.2. The second kappa shape index (κ2) is 3.16. The number of anilines is 1. The normalized spacial score (nSPS) is 10.8. The summed E-state index contributed by atoms with van der Waals surface area (Å²) in [5.41, 5.74) is 6.74. The monoisotopic (exact) mass is 353 g/mol. The van der Waals surface area contributed by atoms with Crippen molar-refractivity contribution in [3.8, 4) is 0 Å². The van der Waals surface area contributed by atoms with Crippen molar-refractivity contribution < 1.29 is 0 Å². The predicted octanol–water partition coefficient (Wildman–Crippen LogP) is 3.85. The van der Waals surface area contributed by atoms with Crippen molar-refractivity contribution >= 4 is 65.6 Å². The minimum atomic E-state index is 0.848. The summed E-state index contributed by atoms with van der Waals surface area (Å²) in [4.78, 5) is 0. The van der Waals surface area contributed by atoms with Gasteiger partial charge in [-0.25, -0.2) is 0 Å². The van der Waals surface area contributed by atoms with E-state index in [0.717, 1.165) is 10.2 Å². The van der Waals surface area contributed by atoms with Gasteiger partial charge in [0, 0.05) is 13.4 Å². The number of thiophene rings is 1. The van der Waals surface area contributed by atoms with Gasteiger partial charge in [0.1, 0.15) is 0 Å². The van der Waals surface area contributed by atoms with E-state index in [1.54, 1.807) is 11.3 Å². The van der Waals surface area contributed by atoms with Crippen LogP contribution in [0.3, 0.4) is 0 Å². The molecule has 0 aliphatic rings. The fourth-order valence-electron chi connectivity index (χ4n) is 1.08. The third-order valence-corrected chi connectivity index (χ3v) is 4.17. The molecular formula is C8H5BrINS. The third-order valence-electron chi connectivity index (χ3n) is 1.68. The second-order valence-electron chi connectivity index (χ2n) is 2.42. The van der Waals surface area contributed by atoms with Crippen LogP contribution in [0.15, 0.2) is 22.0 Å². The predicted molar refractivity (Wildman–Crippen MR) is 66.7 cm³/mol. The Hall–Kier alpha value is 0.190. The zero-order valence-electron chi connectivity index (χ0n) is 5.97. The van der Waals surface area contributed by atoms with Gasteiger partial charge < -0.3 is 5.73 Å². The molecule has 0 radical (unpaired) electrons. The first-order chi connectivity index (χ1) is 5.70. The van der Waals surface area contributed by atoms with Gasteiger partial charge in [0.15, 0.2) is 0 Å². The summed E-state index contributed by atoms with van der Waals surface area (Å²) in [5, 5.41) is 3.32. The largest absolute Gasteiger partial charge is 0.397 e. The molecule has 0 spiro atoms. The van der Waals surface area contributed by atoms with Crippen molar-refractivity contribution in [2.24, 2.45) is 0 Å². The molecule has 2 rings (SSSR count). The van der Waals surface area contributed by atoms with Gasteiger partial charge in [-0.15, -0.1) is 11.3 Å². The maximum Gasteiger partial charge on any atom is 0.0640 e. The first kappa shape index (κ1) is 8.77. The average Bonchev–Trinajstić information content (AvgIpc) is 2.48. The quantitative estimate of drug-likeness (QED) is 0.565. The molecule has 4 heteroatoms. The molecule has 0 saturated carbocycles. The molecule has 0 atom stereocenters. The highest BCUT2D eigenvalue weighted by molar-refractivity contribution is 14.1. The van der Waals surface area contributed by atoms with Gasteiger partial charge in [-0.1, -0.05) is 0 Å². The first-order valence-corrected chi connectivity index (χ1v) is 6.06. The van der Waals surface area contributed by atoms with Crippen LogP contribution in [-0.4, -0.2) is 0 Å². The van der Waals surface area contributed by atoms with E-state index in [1.165, 1.54) is 13.7 Å². The summed E-state index contributed by atoms with van der Waals surface area (Å²) in [6.45, 7) is 0. The molecule has 0 amide bonds. The van der Waals surface area contributed by atoms with Gasteiger partial charge in [0.25, 0.3) is 0 Å². The summed E-state index contributed by atoms with van der Waals surface area (Å²) in [6, 6.07) is 4.15. The van der Waals surface area contributed by atoms with E-state index < -0.39 is 0 Å². The van der Waals surface area contributed by atoms with E-state index in [0.29, 0.717) is 0 Å². The molecule has 0 aliphatic carbocycles. The van der Waals surface area contributed by atoms with E-state index in [2.05, 4.69) is 50.0 Å². The van der Waals surface area contributed by atoms with Crippen LogP contribution in [-0.2, 0) is 0 Å². The van der Waals surface area contributed by atoms with Crippen LogP contribution in [0.1, 0.15) is 0 Å². The molecular weight excluding hydrogens is 349 g/mol. The van der Waals surface area contributed by atoms with Crippen molar-refractivity contribution in [3.63, 3.8) is 0 Å². The maximum absolute atomic E-state index is 5.89. The minimum Gasteiger partial charge on any atom is -0.397 e. The van der Waals surface area contributed by atoms with Crippen LogP contribution in [0.4, 0.5) is 5.69 Å². The van der Waals surface area contributed by atoms with Crippen molar-refractivity contribution in [3.05, 3.63) is 25.6 Å². The summed E-state index contributed by atoms with van der Waals surface area (Å²) < 4.78 is 3.40. The third kappa shape index (κ3) is 1.25. The number of benzene rings is 1. The van der Waals surface area contributed by atoms with E-state index in [4.69, 9.17) is 5.73 Å². The van der Waals surface area contributed by atoms with Crippen molar-refractivity contribution in [2.45, 2.75) is 0 Å². The van der Waals surface area contributed by atoms with Gasteiger partial charge in [-0.05, 0) is 56.0 Å². The molecule has 1 nitrogen and oxygen atoms in total. The fourth-order valence-corrected chi connectivity index (χ4v) is 3.89. The maximum atomic E-state index is 5.89. The van der Waals surface area contributed by atoms with E-state index in [9.17, 15) is 0 Å². The second-order valence-corrected chi connectivity index (χ2v) is 5.35. The molecule has 1 heterocycles. The summed E-state index contributed by atoms with van der Waals surface area (Å²) in [6.07, 6.45) is 0. The van der Waals surface area contributed by atoms with Crippen molar-refractivity contribution in [2.75, 3.05) is 5.73 Å². The Kier molecular flexibility index (Phi) is 2.31. The molecule has 0 fully saturated rings. The van der Waals surface area contributed by atoms with Crippen LogP contribution in [0.25, 0.3) is 10.1 Å². The van der Waals surface area contributed by atoms with Gasteiger partial charge in [-0.2, -0.15) is 0 Å². The Labute approximate surface area is 96.2 Å². The average molecular weight is 354 g/mol. The summed E-state index contributed by atoms with van der Waals surface area (Å²) >= 11 is 7.43. The number of hydrogen-bond acceptors (Lipinski definition) is 2. The number of halogens is 2. The SMILES string of the molecule is Nc1c(Br)cc(I)c2ccsc12. The molecule has 1 aromatic carbocycles. The van der Waals surface area contributed by atoms with Gasteiger partial charge in [0.05, 0.1) is 10.4 Å². The number of rotatable bonds is 0. The summed E-state index contributed by atoms with van der Waals surface area (Å²) in [7, 11) is 0. The van der Waals surface area contributed by atoms with Crippen molar-refractivity contribution in [1.82, 2.24) is 0 Å². The molecule has 0 unspecified atom stereocenters. The lowest BCUT2D eigenvalue weighted by Crippen LogP contribution is -1.87. The highest BCUT2D eigenvalue weighted by Gasteiger charge is 2.06. The Bertz CT molecular complexity index is 438. The smallest absolute Gasteiger partial charge is 0.0640 e. The zero-order valence-corrected chi connectivity index (χ0v) is 10.5. The van der Waals surface area contributed by atoms with Crippen molar-refractivity contribution in [1.29, 1.82) is 0 Å². The number of fused-ring (bicyclic) bond motifs is 1. The molecule has 2 aromatic rings. The molecule has 1 aromatic heterocycles. The minimum absolute atomic E-state index is 0.848. The summed E-state index contributed by atoms with van der Waals surface area (Å²) in [5.74, 6) is 0. The number of nitrogen functional groups attached to an aromatic ring is 1. The highest BCUT2D eigenvalue weighted by Crippen LogP contribution is 2.35. The number of nitrogens with two attached hydrogens (primary N) is 1. The Morgan fingerprint density at radius 3 is 3.00 bits per heavy atom. The Balaban J connectivity index is 2.97. The molecule has 2 N–H and O–H groups in total. The standard InChI is InChI=1S/C8H5BrINS/c9-5-3-6(10)4-1-2-12-8(4)7(5)11/h1-3H,11H2. The number of hydrogen-bond donors (Lipinski definition) is 1. The zero-order chi connectivity index (χ0) is 8.72. The van der Waals surface area contributed by atoms with E-state index >= 15 is 0 Å². The Morgan fingerprint density at radius 2 is 2.25 bits per heavy atom. The van der Waals surface area contributed by atoms with Crippen LogP contribution in [0, 0.1) is 3.57 Å². The molecule has 0 saturated heterocycles. The van der Waals surface area contributed by atoms with Gasteiger partial charge in [-0.3, -0.25) is 0 Å². The van der Waals surface area contributed by atoms with Gasteiger partial charge in [0.2, 0.25) is 0 Å².